The van der Waals surface area contributed by atoms with Crippen molar-refractivity contribution in [1.82, 2.24) is 0 Å². The zero-order valence-electron chi connectivity index (χ0n) is 10.6. The van der Waals surface area contributed by atoms with Crippen LogP contribution in [0.15, 0.2) is 43.0 Å². The number of halogens is 6. The number of benzene rings is 1. The molecule has 1 amide bonds. The average molecular weight is 311 g/mol. The van der Waals surface area contributed by atoms with E-state index in [2.05, 4.69) is 6.58 Å². The van der Waals surface area contributed by atoms with E-state index in [0.717, 1.165) is 6.08 Å². The lowest BCUT2D eigenvalue weighted by Gasteiger charge is -2.29. The van der Waals surface area contributed by atoms with Gasteiger partial charge in [-0.15, -0.1) is 6.58 Å². The molecule has 0 spiro atoms. The average Bonchev–Trinajstić information content (AvgIpc) is 2.33. The van der Waals surface area contributed by atoms with E-state index in [9.17, 15) is 31.1 Å². The van der Waals surface area contributed by atoms with E-state index in [4.69, 9.17) is 0 Å². The van der Waals surface area contributed by atoms with Gasteiger partial charge in [-0.05, 0) is 12.1 Å². The number of hydrogen-bond acceptors (Lipinski definition) is 1. The molecule has 0 aliphatic carbocycles. The molecule has 0 radical (unpaired) electrons. The van der Waals surface area contributed by atoms with Crippen LogP contribution in [-0.2, 0) is 4.79 Å². The lowest BCUT2D eigenvalue weighted by molar-refractivity contribution is -0.273. The van der Waals surface area contributed by atoms with Gasteiger partial charge >= 0.3 is 12.4 Å². The summed E-state index contributed by atoms with van der Waals surface area (Å²) >= 11 is 0. The summed E-state index contributed by atoms with van der Waals surface area (Å²) in [4.78, 5) is 12.2. The van der Waals surface area contributed by atoms with Gasteiger partial charge in [-0.2, -0.15) is 26.3 Å². The second kappa shape index (κ2) is 6.19. The van der Waals surface area contributed by atoms with E-state index < -0.39 is 30.7 Å². The number of alkyl halides is 6. The molecule has 21 heavy (non-hydrogen) atoms. The molecular weight excluding hydrogens is 300 g/mol. The minimum atomic E-state index is -5.72. The van der Waals surface area contributed by atoms with Gasteiger partial charge in [-0.1, -0.05) is 24.3 Å². The fourth-order valence-electron chi connectivity index (χ4n) is 1.68. The third kappa shape index (κ3) is 4.24. The predicted octanol–water partition coefficient (Wildman–Crippen LogP) is 3.95. The van der Waals surface area contributed by atoms with Gasteiger partial charge in [0.05, 0.1) is 0 Å². The minimum Gasteiger partial charge on any atom is -0.308 e. The molecule has 0 atom stereocenters. The molecule has 0 N–H and O–H groups in total. The van der Waals surface area contributed by atoms with Crippen molar-refractivity contribution in [1.29, 1.82) is 0 Å². The van der Waals surface area contributed by atoms with Crippen LogP contribution in [0.1, 0.15) is 0 Å². The van der Waals surface area contributed by atoms with Crippen LogP contribution >= 0.6 is 0 Å². The van der Waals surface area contributed by atoms with Crippen molar-refractivity contribution in [3.63, 3.8) is 0 Å². The molecule has 0 bridgehead atoms. The number of anilines is 1. The molecule has 1 aromatic rings. The predicted molar refractivity (Wildman–Crippen MR) is 64.6 cm³/mol. The van der Waals surface area contributed by atoms with Crippen LogP contribution in [0.2, 0.25) is 0 Å². The Kier molecular flexibility index (Phi) is 5.03. The van der Waals surface area contributed by atoms with Gasteiger partial charge in [0.1, 0.15) is 0 Å². The number of rotatable bonds is 4. The van der Waals surface area contributed by atoms with Crippen LogP contribution in [0.5, 0.6) is 0 Å². The Labute approximate surface area is 116 Å². The first kappa shape index (κ1) is 17.1. The lowest BCUT2D eigenvalue weighted by Crippen LogP contribution is -2.49. The molecule has 0 aromatic heterocycles. The molecule has 8 heteroatoms. The van der Waals surface area contributed by atoms with Gasteiger partial charge in [0.2, 0.25) is 11.8 Å². The van der Waals surface area contributed by atoms with Gasteiger partial charge < -0.3 is 4.90 Å². The Bertz CT molecular complexity index is 480. The Balaban J connectivity index is 3.24. The van der Waals surface area contributed by atoms with Gasteiger partial charge in [-0.25, -0.2) is 0 Å². The van der Waals surface area contributed by atoms with E-state index in [1.54, 1.807) is 0 Å². The molecule has 0 saturated carbocycles. The van der Waals surface area contributed by atoms with E-state index in [0.29, 0.717) is 4.90 Å². The Morgan fingerprint density at radius 1 is 1.10 bits per heavy atom. The summed E-state index contributed by atoms with van der Waals surface area (Å²) in [6.07, 6.45) is -10.4. The zero-order chi connectivity index (χ0) is 16.3. The highest BCUT2D eigenvalue weighted by Gasteiger charge is 2.62. The summed E-state index contributed by atoms with van der Waals surface area (Å²) < 4.78 is 75.5. The summed E-state index contributed by atoms with van der Waals surface area (Å²) in [7, 11) is 0. The molecular formula is C13H11F6NO. The molecule has 1 rings (SSSR count). The van der Waals surface area contributed by atoms with Crippen molar-refractivity contribution in [3.05, 3.63) is 43.0 Å². The van der Waals surface area contributed by atoms with Gasteiger partial charge in [0, 0.05) is 12.2 Å². The third-order valence-electron chi connectivity index (χ3n) is 2.55. The number of amides is 1. The molecule has 0 fully saturated rings. The van der Waals surface area contributed by atoms with Crippen molar-refractivity contribution in [3.8, 4) is 0 Å². The smallest absolute Gasteiger partial charge is 0.308 e. The maximum atomic E-state index is 12.6. The Morgan fingerprint density at radius 3 is 1.95 bits per heavy atom. The van der Waals surface area contributed by atoms with Crippen molar-refractivity contribution >= 4 is 11.6 Å². The summed E-state index contributed by atoms with van der Waals surface area (Å²) in [5.41, 5.74) is -0.0686. The molecule has 0 aliphatic heterocycles. The van der Waals surface area contributed by atoms with E-state index in [-0.39, 0.29) is 5.69 Å². The Hall–Kier alpha value is -1.99. The quantitative estimate of drug-likeness (QED) is 0.609. The lowest BCUT2D eigenvalue weighted by atomic mass is 10.1. The monoisotopic (exact) mass is 311 g/mol. The highest BCUT2D eigenvalue weighted by Crippen LogP contribution is 2.41. The second-order valence-electron chi connectivity index (χ2n) is 4.09. The van der Waals surface area contributed by atoms with Crippen molar-refractivity contribution < 1.29 is 31.1 Å². The van der Waals surface area contributed by atoms with Gasteiger partial charge in [0.15, 0.2) is 0 Å². The molecule has 0 unspecified atom stereocenters. The molecule has 2 nitrogen and oxygen atoms in total. The number of carbonyl (C=O) groups excluding carboxylic acids is 1. The van der Waals surface area contributed by atoms with Crippen molar-refractivity contribution in [2.24, 2.45) is 5.92 Å². The highest BCUT2D eigenvalue weighted by molar-refractivity contribution is 5.96. The van der Waals surface area contributed by atoms with Gasteiger partial charge in [0.25, 0.3) is 0 Å². The van der Waals surface area contributed by atoms with Crippen LogP contribution < -0.4 is 4.90 Å². The first-order valence-corrected chi connectivity index (χ1v) is 5.69. The fourth-order valence-corrected chi connectivity index (χ4v) is 1.68. The number of para-hydroxylation sites is 1. The van der Waals surface area contributed by atoms with Crippen LogP contribution in [0.4, 0.5) is 32.0 Å². The van der Waals surface area contributed by atoms with Crippen LogP contribution in [0.25, 0.3) is 0 Å². The van der Waals surface area contributed by atoms with Gasteiger partial charge in [-0.3, -0.25) is 4.79 Å². The molecule has 1 aromatic carbocycles. The summed E-state index contributed by atoms with van der Waals surface area (Å²) in [6.45, 7) is 2.77. The number of hydrogen-bond donors (Lipinski definition) is 0. The Morgan fingerprint density at radius 2 is 1.57 bits per heavy atom. The molecule has 0 aliphatic rings. The van der Waals surface area contributed by atoms with Crippen LogP contribution in [0.3, 0.4) is 0 Å². The first-order chi connectivity index (χ1) is 9.59. The highest BCUT2D eigenvalue weighted by atomic mass is 19.4. The van der Waals surface area contributed by atoms with Crippen LogP contribution in [0, 0.1) is 5.92 Å². The molecule has 116 valence electrons. The normalized spacial score (nSPS) is 12.3. The van der Waals surface area contributed by atoms with Crippen molar-refractivity contribution in [2.75, 3.05) is 11.4 Å². The molecule has 0 heterocycles. The first-order valence-electron chi connectivity index (χ1n) is 5.69. The number of nitrogens with zero attached hydrogens (tertiary/aromatic N) is 1. The fraction of sp³-hybridized carbons (Fsp3) is 0.308. The second-order valence-corrected chi connectivity index (χ2v) is 4.09. The zero-order valence-corrected chi connectivity index (χ0v) is 10.6. The van der Waals surface area contributed by atoms with E-state index >= 15 is 0 Å². The third-order valence-corrected chi connectivity index (χ3v) is 2.55. The maximum absolute atomic E-state index is 12.6. The summed E-state index contributed by atoms with van der Waals surface area (Å²) in [6, 6.07) is 6.80. The van der Waals surface area contributed by atoms with E-state index in [1.165, 1.54) is 30.3 Å². The number of carbonyl (C=O) groups is 1. The summed E-state index contributed by atoms with van der Waals surface area (Å²) in [5.74, 6) is -6.15. The van der Waals surface area contributed by atoms with E-state index in [1.807, 2.05) is 0 Å². The SMILES string of the molecule is C=CCN(C(=O)C(C(F)(F)F)C(F)(F)F)c1ccccc1. The minimum absolute atomic E-state index is 0.0686. The van der Waals surface area contributed by atoms with Crippen molar-refractivity contribution in [2.45, 2.75) is 12.4 Å². The molecule has 0 saturated heterocycles. The standard InChI is InChI=1S/C13H11F6NO/c1-2-8-20(9-6-4-3-5-7-9)11(21)10(12(14,15)16)13(17,18)19/h2-7,10H,1,8H2. The maximum Gasteiger partial charge on any atom is 0.409 e. The summed E-state index contributed by atoms with van der Waals surface area (Å²) in [5, 5.41) is 0. The largest absolute Gasteiger partial charge is 0.409 e. The van der Waals surface area contributed by atoms with Crippen LogP contribution in [-0.4, -0.2) is 24.8 Å². The topological polar surface area (TPSA) is 20.3 Å².